The predicted octanol–water partition coefficient (Wildman–Crippen LogP) is 3.05. The van der Waals surface area contributed by atoms with Gasteiger partial charge in [-0.1, -0.05) is 12.1 Å². The molecule has 2 aromatic rings. The molecule has 6 nitrogen and oxygen atoms in total. The quantitative estimate of drug-likeness (QED) is 0.764. The zero-order valence-electron chi connectivity index (χ0n) is 14.6. The smallest absolute Gasteiger partial charge is 0.339 e. The van der Waals surface area contributed by atoms with Crippen LogP contribution in [-0.4, -0.2) is 30.4 Å². The van der Waals surface area contributed by atoms with Crippen LogP contribution in [0.25, 0.3) is 0 Å². The first-order chi connectivity index (χ1) is 12.4. The molecule has 1 fully saturated rings. The highest BCUT2D eigenvalue weighted by Gasteiger charge is 2.25. The topological polar surface area (TPSA) is 84.5 Å². The van der Waals surface area contributed by atoms with Gasteiger partial charge in [0, 0.05) is 15.8 Å². The highest BCUT2D eigenvalue weighted by Crippen LogP contribution is 2.22. The summed E-state index contributed by atoms with van der Waals surface area (Å²) in [6.45, 7) is 3.33. The molecular weight excluding hydrogens is 352 g/mol. The van der Waals surface area contributed by atoms with E-state index in [9.17, 15) is 14.4 Å². The van der Waals surface area contributed by atoms with E-state index in [1.54, 1.807) is 30.3 Å². The number of carbonyl (C=O) groups is 3. The molecule has 0 radical (unpaired) electrons. The number of benzene rings is 1. The standard InChI is InChI=1S/C19H20N2O4S/c1-11-9-15(12(2)26-11)19(24)25-10-17(22)21-16-6-4-3-5-14(16)18(23)20-13-7-8-13/h3-6,9,13H,7-8,10H2,1-2H3,(H,20,23)(H,21,22). The molecule has 0 unspecified atom stereocenters. The molecule has 2 N–H and O–H groups in total. The van der Waals surface area contributed by atoms with E-state index >= 15 is 0 Å². The molecule has 1 aliphatic rings. The number of para-hydroxylation sites is 1. The first-order valence-corrected chi connectivity index (χ1v) is 9.19. The van der Waals surface area contributed by atoms with Crippen molar-refractivity contribution in [3.63, 3.8) is 0 Å². The van der Waals surface area contributed by atoms with Crippen LogP contribution in [0.2, 0.25) is 0 Å². The van der Waals surface area contributed by atoms with Gasteiger partial charge in [0.25, 0.3) is 11.8 Å². The third-order valence-electron chi connectivity index (χ3n) is 3.95. The van der Waals surface area contributed by atoms with Gasteiger partial charge in [0.15, 0.2) is 6.61 Å². The maximum Gasteiger partial charge on any atom is 0.339 e. The second-order valence-electron chi connectivity index (χ2n) is 6.24. The maximum absolute atomic E-state index is 12.2. The highest BCUT2D eigenvalue weighted by molar-refractivity contribution is 7.12. The number of hydrogen-bond acceptors (Lipinski definition) is 5. The summed E-state index contributed by atoms with van der Waals surface area (Å²) in [5.74, 6) is -1.24. The van der Waals surface area contributed by atoms with Gasteiger partial charge in [-0.25, -0.2) is 4.79 Å². The monoisotopic (exact) mass is 372 g/mol. The van der Waals surface area contributed by atoms with Crippen molar-refractivity contribution in [1.29, 1.82) is 0 Å². The third-order valence-corrected chi connectivity index (χ3v) is 4.92. The summed E-state index contributed by atoms with van der Waals surface area (Å²) >= 11 is 1.50. The summed E-state index contributed by atoms with van der Waals surface area (Å²) in [5.41, 5.74) is 1.27. The largest absolute Gasteiger partial charge is 0.452 e. The SMILES string of the molecule is Cc1cc(C(=O)OCC(=O)Nc2ccccc2C(=O)NC2CC2)c(C)s1. The summed E-state index contributed by atoms with van der Waals surface area (Å²) in [7, 11) is 0. The second-order valence-corrected chi connectivity index (χ2v) is 7.70. The zero-order chi connectivity index (χ0) is 18.7. The van der Waals surface area contributed by atoms with E-state index in [-0.39, 0.29) is 11.9 Å². The van der Waals surface area contributed by atoms with Crippen LogP contribution in [0, 0.1) is 13.8 Å². The Kier molecular flexibility index (Phi) is 5.37. The normalized spacial score (nSPS) is 13.2. The Balaban J connectivity index is 1.59. The summed E-state index contributed by atoms with van der Waals surface area (Å²) in [4.78, 5) is 38.3. The Morgan fingerprint density at radius 1 is 1.15 bits per heavy atom. The molecule has 0 atom stereocenters. The Morgan fingerprint density at radius 3 is 2.54 bits per heavy atom. The van der Waals surface area contributed by atoms with Crippen molar-refractivity contribution in [1.82, 2.24) is 5.32 Å². The number of nitrogens with one attached hydrogen (secondary N) is 2. The lowest BCUT2D eigenvalue weighted by atomic mass is 10.1. The number of amides is 2. The first kappa shape index (κ1) is 18.1. The molecular formula is C19H20N2O4S. The van der Waals surface area contributed by atoms with E-state index < -0.39 is 18.5 Å². The summed E-state index contributed by atoms with van der Waals surface area (Å²) in [5, 5.41) is 5.53. The van der Waals surface area contributed by atoms with Crippen molar-refractivity contribution >= 4 is 34.8 Å². The number of carbonyl (C=O) groups excluding carboxylic acids is 3. The Morgan fingerprint density at radius 2 is 1.88 bits per heavy atom. The number of thiophene rings is 1. The van der Waals surface area contributed by atoms with E-state index in [0.717, 1.165) is 22.6 Å². The van der Waals surface area contributed by atoms with Crippen molar-refractivity contribution in [2.75, 3.05) is 11.9 Å². The minimum Gasteiger partial charge on any atom is -0.452 e. The van der Waals surface area contributed by atoms with E-state index in [4.69, 9.17) is 4.74 Å². The zero-order valence-corrected chi connectivity index (χ0v) is 15.4. The summed E-state index contributed by atoms with van der Waals surface area (Å²) < 4.78 is 5.09. The van der Waals surface area contributed by atoms with Gasteiger partial charge in [-0.05, 0) is 44.9 Å². The lowest BCUT2D eigenvalue weighted by Crippen LogP contribution is -2.28. The van der Waals surface area contributed by atoms with Crippen LogP contribution in [0.15, 0.2) is 30.3 Å². The average molecular weight is 372 g/mol. The molecule has 1 heterocycles. The van der Waals surface area contributed by atoms with Gasteiger partial charge < -0.3 is 15.4 Å². The van der Waals surface area contributed by atoms with E-state index in [2.05, 4.69) is 10.6 Å². The molecule has 0 aliphatic heterocycles. The number of rotatable bonds is 6. The van der Waals surface area contributed by atoms with Gasteiger partial charge in [0.05, 0.1) is 16.8 Å². The van der Waals surface area contributed by atoms with Crippen LogP contribution in [0.1, 0.15) is 43.3 Å². The second kappa shape index (κ2) is 7.70. The Hall–Kier alpha value is -2.67. The Bertz CT molecular complexity index is 855. The van der Waals surface area contributed by atoms with Gasteiger partial charge in [-0.3, -0.25) is 9.59 Å². The first-order valence-electron chi connectivity index (χ1n) is 8.38. The number of ether oxygens (including phenoxy) is 1. The van der Waals surface area contributed by atoms with Crippen molar-refractivity contribution in [3.8, 4) is 0 Å². The van der Waals surface area contributed by atoms with Crippen molar-refractivity contribution in [2.24, 2.45) is 0 Å². The molecule has 1 aromatic carbocycles. The molecule has 1 aliphatic carbocycles. The van der Waals surface area contributed by atoms with Crippen LogP contribution >= 0.6 is 11.3 Å². The molecule has 0 spiro atoms. The highest BCUT2D eigenvalue weighted by atomic mass is 32.1. The number of hydrogen-bond donors (Lipinski definition) is 2. The number of anilines is 1. The van der Waals surface area contributed by atoms with Gasteiger partial charge >= 0.3 is 5.97 Å². The fourth-order valence-electron chi connectivity index (χ4n) is 2.51. The molecule has 0 saturated heterocycles. The lowest BCUT2D eigenvalue weighted by molar-refractivity contribution is -0.119. The fraction of sp³-hybridized carbons (Fsp3) is 0.316. The van der Waals surface area contributed by atoms with Crippen LogP contribution in [0.3, 0.4) is 0 Å². The lowest BCUT2D eigenvalue weighted by Gasteiger charge is -2.11. The summed E-state index contributed by atoms with van der Waals surface area (Å²) in [6, 6.07) is 8.74. The minimum atomic E-state index is -0.526. The van der Waals surface area contributed by atoms with Crippen molar-refractivity contribution in [2.45, 2.75) is 32.7 Å². The van der Waals surface area contributed by atoms with E-state index in [1.807, 2.05) is 13.8 Å². The van der Waals surface area contributed by atoms with Gasteiger partial charge in [-0.2, -0.15) is 0 Å². The van der Waals surface area contributed by atoms with Crippen LogP contribution in [-0.2, 0) is 9.53 Å². The van der Waals surface area contributed by atoms with E-state index in [0.29, 0.717) is 16.8 Å². The molecule has 2 amide bonds. The molecule has 26 heavy (non-hydrogen) atoms. The maximum atomic E-state index is 12.2. The molecule has 7 heteroatoms. The molecule has 136 valence electrons. The van der Waals surface area contributed by atoms with Crippen LogP contribution in [0.4, 0.5) is 5.69 Å². The fourth-order valence-corrected chi connectivity index (χ4v) is 3.42. The minimum absolute atomic E-state index is 0.218. The van der Waals surface area contributed by atoms with Gasteiger partial charge in [0.2, 0.25) is 0 Å². The van der Waals surface area contributed by atoms with Gasteiger partial charge in [0.1, 0.15) is 0 Å². The molecule has 3 rings (SSSR count). The van der Waals surface area contributed by atoms with Gasteiger partial charge in [-0.15, -0.1) is 11.3 Å². The van der Waals surface area contributed by atoms with Crippen LogP contribution < -0.4 is 10.6 Å². The Labute approximate surface area is 155 Å². The van der Waals surface area contributed by atoms with Crippen molar-refractivity contribution in [3.05, 3.63) is 51.2 Å². The summed E-state index contributed by atoms with van der Waals surface area (Å²) in [6.07, 6.45) is 1.97. The molecule has 1 saturated carbocycles. The number of esters is 1. The van der Waals surface area contributed by atoms with Crippen molar-refractivity contribution < 1.29 is 19.1 Å². The van der Waals surface area contributed by atoms with E-state index in [1.165, 1.54) is 11.3 Å². The third kappa shape index (κ3) is 4.49. The van der Waals surface area contributed by atoms with Crippen LogP contribution in [0.5, 0.6) is 0 Å². The molecule has 0 bridgehead atoms. The number of aryl methyl sites for hydroxylation is 2. The average Bonchev–Trinajstić information content (AvgIpc) is 3.35. The predicted molar refractivity (Wildman–Crippen MR) is 99.6 cm³/mol. The molecule has 1 aromatic heterocycles.